The molecule has 2 saturated heterocycles. The van der Waals surface area contributed by atoms with Crippen LogP contribution in [0.2, 0.25) is 0 Å². The third kappa shape index (κ3) is 5.71. The summed E-state index contributed by atoms with van der Waals surface area (Å²) in [6.45, 7) is 5.02. The van der Waals surface area contributed by atoms with E-state index < -0.39 is 0 Å². The minimum absolute atomic E-state index is 0.0528. The van der Waals surface area contributed by atoms with Crippen LogP contribution in [0.3, 0.4) is 0 Å². The van der Waals surface area contributed by atoms with Crippen LogP contribution in [-0.4, -0.2) is 54.5 Å². The summed E-state index contributed by atoms with van der Waals surface area (Å²) < 4.78 is 0. The Balaban J connectivity index is 1.27. The van der Waals surface area contributed by atoms with Crippen molar-refractivity contribution >= 4 is 23.0 Å². The molecule has 2 aliphatic rings. The minimum atomic E-state index is 0.0528. The average molecular weight is 392 g/mol. The van der Waals surface area contributed by atoms with Crippen LogP contribution in [0.5, 0.6) is 0 Å². The first-order chi connectivity index (χ1) is 14.3. The van der Waals surface area contributed by atoms with E-state index in [-0.39, 0.29) is 5.91 Å². The molecule has 2 aromatic rings. The second kappa shape index (κ2) is 9.76. The predicted molar refractivity (Wildman–Crippen MR) is 116 cm³/mol. The Morgan fingerprint density at radius 2 is 1.59 bits per heavy atom. The van der Waals surface area contributed by atoms with Crippen LogP contribution < -0.4 is 5.32 Å². The van der Waals surface area contributed by atoms with E-state index in [1.807, 2.05) is 54.6 Å². The summed E-state index contributed by atoms with van der Waals surface area (Å²) in [5.74, 6) is 0.0528. The van der Waals surface area contributed by atoms with Gasteiger partial charge in [0.25, 0.3) is 0 Å². The highest BCUT2D eigenvalue weighted by Gasteiger charge is 2.28. The lowest BCUT2D eigenvalue weighted by atomic mass is 10.2. The number of benzene rings is 2. The molecular weight excluding hydrogens is 362 g/mol. The first kappa shape index (κ1) is 19.7. The van der Waals surface area contributed by atoms with Crippen LogP contribution in [0.1, 0.15) is 25.7 Å². The van der Waals surface area contributed by atoms with Crippen molar-refractivity contribution in [2.24, 2.45) is 10.2 Å². The largest absolute Gasteiger partial charge is 0.325 e. The lowest BCUT2D eigenvalue weighted by Gasteiger charge is -2.27. The number of azo groups is 1. The van der Waals surface area contributed by atoms with E-state index in [4.69, 9.17) is 0 Å². The molecule has 2 aromatic carbocycles. The molecule has 1 amide bonds. The van der Waals surface area contributed by atoms with Gasteiger partial charge in [-0.05, 0) is 81.7 Å². The maximum Gasteiger partial charge on any atom is 0.238 e. The van der Waals surface area contributed by atoms with E-state index in [0.29, 0.717) is 12.6 Å². The van der Waals surface area contributed by atoms with Gasteiger partial charge < -0.3 is 10.2 Å². The van der Waals surface area contributed by atoms with E-state index in [0.717, 1.165) is 30.2 Å². The molecule has 0 aliphatic carbocycles. The molecule has 2 fully saturated rings. The van der Waals surface area contributed by atoms with E-state index in [2.05, 4.69) is 25.3 Å². The van der Waals surface area contributed by atoms with E-state index in [1.54, 1.807) is 0 Å². The number of nitrogens with zero attached hydrogens (tertiary/aromatic N) is 4. The lowest BCUT2D eigenvalue weighted by Crippen LogP contribution is -2.42. The molecule has 0 saturated carbocycles. The molecule has 1 atom stereocenters. The quantitative estimate of drug-likeness (QED) is 0.702. The molecular formula is C23H29N5O. The number of nitrogens with one attached hydrogen (secondary N) is 1. The molecule has 0 spiro atoms. The Morgan fingerprint density at radius 1 is 0.897 bits per heavy atom. The van der Waals surface area contributed by atoms with Gasteiger partial charge in [-0.1, -0.05) is 18.2 Å². The van der Waals surface area contributed by atoms with Crippen molar-refractivity contribution < 1.29 is 4.79 Å². The SMILES string of the molecule is O=C(CN1CCCC1CN1CCCC1)Nc1ccc(N=Nc2ccccc2)cc1. The fourth-order valence-electron chi connectivity index (χ4n) is 4.18. The van der Waals surface area contributed by atoms with Crippen molar-refractivity contribution in [3.8, 4) is 0 Å². The normalized spacial score (nSPS) is 20.5. The van der Waals surface area contributed by atoms with Gasteiger partial charge in [0, 0.05) is 18.3 Å². The maximum atomic E-state index is 12.5. The Bertz CT molecular complexity index is 815. The first-order valence-corrected chi connectivity index (χ1v) is 10.6. The highest BCUT2D eigenvalue weighted by molar-refractivity contribution is 5.92. The summed E-state index contributed by atoms with van der Waals surface area (Å²) in [5, 5.41) is 11.5. The number of hydrogen-bond donors (Lipinski definition) is 1. The van der Waals surface area contributed by atoms with Crippen molar-refractivity contribution in [2.75, 3.05) is 38.0 Å². The summed E-state index contributed by atoms with van der Waals surface area (Å²) in [6, 6.07) is 17.6. The fraction of sp³-hybridized carbons (Fsp3) is 0.435. The second-order valence-corrected chi connectivity index (χ2v) is 7.90. The molecule has 29 heavy (non-hydrogen) atoms. The summed E-state index contributed by atoms with van der Waals surface area (Å²) >= 11 is 0. The van der Waals surface area contributed by atoms with Gasteiger partial charge in [0.2, 0.25) is 5.91 Å². The van der Waals surface area contributed by atoms with Gasteiger partial charge in [0.05, 0.1) is 17.9 Å². The van der Waals surface area contributed by atoms with Gasteiger partial charge in [-0.2, -0.15) is 10.2 Å². The zero-order chi connectivity index (χ0) is 19.9. The van der Waals surface area contributed by atoms with Gasteiger partial charge in [-0.15, -0.1) is 0 Å². The Hall–Kier alpha value is -2.57. The van der Waals surface area contributed by atoms with E-state index in [9.17, 15) is 4.79 Å². The Kier molecular flexibility index (Phi) is 6.64. The minimum Gasteiger partial charge on any atom is -0.325 e. The van der Waals surface area contributed by atoms with Crippen LogP contribution in [0.25, 0.3) is 0 Å². The number of hydrogen-bond acceptors (Lipinski definition) is 5. The van der Waals surface area contributed by atoms with Gasteiger partial charge >= 0.3 is 0 Å². The highest BCUT2D eigenvalue weighted by atomic mass is 16.2. The molecule has 1 N–H and O–H groups in total. The number of rotatable bonds is 7. The second-order valence-electron chi connectivity index (χ2n) is 7.90. The zero-order valence-corrected chi connectivity index (χ0v) is 16.8. The predicted octanol–water partition coefficient (Wildman–Crippen LogP) is 4.60. The number of carbonyl (C=O) groups excluding carboxylic acids is 1. The van der Waals surface area contributed by atoms with Crippen LogP contribution >= 0.6 is 0 Å². The molecule has 6 heteroatoms. The van der Waals surface area contributed by atoms with Crippen molar-refractivity contribution in [1.29, 1.82) is 0 Å². The van der Waals surface area contributed by atoms with E-state index >= 15 is 0 Å². The van der Waals surface area contributed by atoms with Gasteiger partial charge in [-0.25, -0.2) is 0 Å². The molecule has 0 radical (unpaired) electrons. The van der Waals surface area contributed by atoms with Crippen LogP contribution in [0.4, 0.5) is 17.1 Å². The monoisotopic (exact) mass is 391 g/mol. The van der Waals surface area contributed by atoms with Gasteiger partial charge in [0.15, 0.2) is 0 Å². The van der Waals surface area contributed by atoms with Crippen molar-refractivity contribution in [3.05, 3.63) is 54.6 Å². The Morgan fingerprint density at radius 3 is 2.31 bits per heavy atom. The molecule has 6 nitrogen and oxygen atoms in total. The number of anilines is 1. The standard InChI is InChI=1S/C23H29N5O/c29-23(18-28-16-6-9-22(28)17-27-14-4-5-15-27)24-19-10-12-21(13-11-19)26-25-20-7-2-1-3-8-20/h1-3,7-8,10-13,22H,4-6,9,14-18H2,(H,24,29). The number of likely N-dealkylation sites (tertiary alicyclic amines) is 2. The fourth-order valence-corrected chi connectivity index (χ4v) is 4.18. The zero-order valence-electron chi connectivity index (χ0n) is 16.8. The lowest BCUT2D eigenvalue weighted by molar-refractivity contribution is -0.117. The van der Waals surface area contributed by atoms with Crippen molar-refractivity contribution in [1.82, 2.24) is 9.80 Å². The molecule has 2 heterocycles. The van der Waals surface area contributed by atoms with Crippen molar-refractivity contribution in [3.63, 3.8) is 0 Å². The summed E-state index contributed by atoms with van der Waals surface area (Å²) in [6.07, 6.45) is 5.01. The average Bonchev–Trinajstić information content (AvgIpc) is 3.41. The third-order valence-electron chi connectivity index (χ3n) is 5.70. The van der Waals surface area contributed by atoms with Gasteiger partial charge in [-0.3, -0.25) is 9.69 Å². The summed E-state index contributed by atoms with van der Waals surface area (Å²) in [4.78, 5) is 17.4. The molecule has 1 unspecified atom stereocenters. The molecule has 0 aromatic heterocycles. The Labute approximate surface area is 172 Å². The summed E-state index contributed by atoms with van der Waals surface area (Å²) in [5.41, 5.74) is 2.38. The van der Waals surface area contributed by atoms with Crippen LogP contribution in [0.15, 0.2) is 64.8 Å². The van der Waals surface area contributed by atoms with Crippen molar-refractivity contribution in [2.45, 2.75) is 31.7 Å². The van der Waals surface area contributed by atoms with E-state index in [1.165, 1.54) is 38.8 Å². The molecule has 0 bridgehead atoms. The molecule has 152 valence electrons. The first-order valence-electron chi connectivity index (χ1n) is 10.6. The number of carbonyl (C=O) groups is 1. The highest BCUT2D eigenvalue weighted by Crippen LogP contribution is 2.22. The molecule has 4 rings (SSSR count). The number of amides is 1. The smallest absolute Gasteiger partial charge is 0.238 e. The van der Waals surface area contributed by atoms with Crippen LogP contribution in [-0.2, 0) is 4.79 Å². The third-order valence-corrected chi connectivity index (χ3v) is 5.70. The summed E-state index contributed by atoms with van der Waals surface area (Å²) in [7, 11) is 0. The molecule has 2 aliphatic heterocycles. The van der Waals surface area contributed by atoms with Gasteiger partial charge in [0.1, 0.15) is 0 Å². The topological polar surface area (TPSA) is 60.3 Å². The maximum absolute atomic E-state index is 12.5. The van der Waals surface area contributed by atoms with Crippen LogP contribution in [0, 0.1) is 0 Å².